The van der Waals surface area contributed by atoms with E-state index < -0.39 is 0 Å². The van der Waals surface area contributed by atoms with E-state index >= 15 is 0 Å². The van der Waals surface area contributed by atoms with Gasteiger partial charge in [0.2, 0.25) is 0 Å². The molecule has 0 spiro atoms. The van der Waals surface area contributed by atoms with E-state index in [0.29, 0.717) is 6.61 Å². The third-order valence-electron chi connectivity index (χ3n) is 1.82. The van der Waals surface area contributed by atoms with Crippen LogP contribution in [-0.4, -0.2) is 11.7 Å². The highest BCUT2D eigenvalue weighted by Crippen LogP contribution is 2.19. The van der Waals surface area contributed by atoms with E-state index in [1.54, 1.807) is 0 Å². The summed E-state index contributed by atoms with van der Waals surface area (Å²) in [5, 5.41) is 8.58. The van der Waals surface area contributed by atoms with E-state index in [-0.39, 0.29) is 0 Å². The molecule has 1 rings (SSSR count). The average Bonchev–Trinajstić information content (AvgIpc) is 2.26. The van der Waals surface area contributed by atoms with Crippen LogP contribution in [-0.2, 0) is 0 Å². The number of allylic oxidation sites excluding steroid dienone is 1. The van der Waals surface area contributed by atoms with Gasteiger partial charge in [0.25, 0.3) is 0 Å². The molecule has 0 aromatic carbocycles. The molecule has 0 radical (unpaired) electrons. The number of hydrogen-bond donors (Lipinski definition) is 1. The van der Waals surface area contributed by atoms with Gasteiger partial charge in [-0.1, -0.05) is 39.3 Å². The minimum absolute atomic E-state index is 0.325. The fourth-order valence-electron chi connectivity index (χ4n) is 1.28. The Hall–Kier alpha value is -0.300. The normalized spacial score (nSPS) is 14.4. The molecule has 0 atom stereocenters. The average molecular weight is 186 g/mol. The lowest BCUT2D eigenvalue weighted by Crippen LogP contribution is -1.93. The maximum absolute atomic E-state index is 8.58. The Labute approximate surface area is 83.9 Å². The Balaban J connectivity index is 0. The summed E-state index contributed by atoms with van der Waals surface area (Å²) in [5.41, 5.74) is 1.46. The van der Waals surface area contributed by atoms with Crippen molar-refractivity contribution in [2.45, 2.75) is 59.8 Å². The zero-order valence-corrected chi connectivity index (χ0v) is 9.77. The smallest absolute Gasteiger partial charge is 0.0468 e. The van der Waals surface area contributed by atoms with Gasteiger partial charge in [0.05, 0.1) is 0 Å². The summed E-state index contributed by atoms with van der Waals surface area (Å²) in [5.74, 6) is 0. The SMILES string of the molecule is CC.CC.OCCC1=CCCCC1. The van der Waals surface area contributed by atoms with Gasteiger partial charge in [0.15, 0.2) is 0 Å². The van der Waals surface area contributed by atoms with Crippen LogP contribution in [0.3, 0.4) is 0 Å². The molecular weight excluding hydrogens is 160 g/mol. The Morgan fingerprint density at radius 3 is 2.15 bits per heavy atom. The molecule has 0 aromatic heterocycles. The van der Waals surface area contributed by atoms with Crippen LogP contribution in [0.25, 0.3) is 0 Å². The fourth-order valence-corrected chi connectivity index (χ4v) is 1.28. The van der Waals surface area contributed by atoms with Crippen LogP contribution < -0.4 is 0 Å². The minimum atomic E-state index is 0.325. The van der Waals surface area contributed by atoms with Gasteiger partial charge >= 0.3 is 0 Å². The molecule has 1 aliphatic carbocycles. The quantitative estimate of drug-likeness (QED) is 0.648. The van der Waals surface area contributed by atoms with Crippen molar-refractivity contribution in [3.8, 4) is 0 Å². The van der Waals surface area contributed by atoms with Crippen molar-refractivity contribution < 1.29 is 5.11 Å². The van der Waals surface area contributed by atoms with E-state index in [9.17, 15) is 0 Å². The fraction of sp³-hybridized carbons (Fsp3) is 0.833. The van der Waals surface area contributed by atoms with Crippen molar-refractivity contribution >= 4 is 0 Å². The summed E-state index contributed by atoms with van der Waals surface area (Å²) in [6.45, 7) is 8.33. The van der Waals surface area contributed by atoms with Gasteiger partial charge in [-0.05, 0) is 32.1 Å². The van der Waals surface area contributed by atoms with Crippen LogP contribution in [0.4, 0.5) is 0 Å². The monoisotopic (exact) mass is 186 g/mol. The maximum Gasteiger partial charge on any atom is 0.0468 e. The van der Waals surface area contributed by atoms with Crippen molar-refractivity contribution in [2.24, 2.45) is 0 Å². The Kier molecular flexibility index (Phi) is 16.6. The molecular formula is C12H26O. The van der Waals surface area contributed by atoms with Gasteiger partial charge in [0.1, 0.15) is 0 Å². The lowest BCUT2D eigenvalue weighted by atomic mass is 9.98. The van der Waals surface area contributed by atoms with Crippen LogP contribution in [0.5, 0.6) is 0 Å². The zero-order valence-electron chi connectivity index (χ0n) is 9.77. The van der Waals surface area contributed by atoms with Gasteiger partial charge in [-0.25, -0.2) is 0 Å². The van der Waals surface area contributed by atoms with E-state index in [0.717, 1.165) is 6.42 Å². The van der Waals surface area contributed by atoms with Gasteiger partial charge in [0, 0.05) is 6.61 Å². The molecule has 1 nitrogen and oxygen atoms in total. The molecule has 0 saturated heterocycles. The molecule has 1 heteroatoms. The van der Waals surface area contributed by atoms with Gasteiger partial charge in [-0.15, -0.1) is 0 Å². The predicted molar refractivity (Wildman–Crippen MR) is 60.9 cm³/mol. The van der Waals surface area contributed by atoms with Crippen molar-refractivity contribution in [3.05, 3.63) is 11.6 Å². The standard InChI is InChI=1S/C8H14O.2C2H6/c9-7-6-8-4-2-1-3-5-8;2*1-2/h4,9H,1-3,5-7H2;2*1-2H3. The Morgan fingerprint density at radius 1 is 1.15 bits per heavy atom. The van der Waals surface area contributed by atoms with E-state index in [1.807, 2.05) is 27.7 Å². The maximum atomic E-state index is 8.58. The Bertz CT molecular complexity index is 106. The first-order valence-electron chi connectivity index (χ1n) is 5.72. The van der Waals surface area contributed by atoms with Crippen molar-refractivity contribution in [1.29, 1.82) is 0 Å². The van der Waals surface area contributed by atoms with Gasteiger partial charge in [-0.3, -0.25) is 0 Å². The number of aliphatic hydroxyl groups excluding tert-OH is 1. The summed E-state index contributed by atoms with van der Waals surface area (Å²) in [4.78, 5) is 0. The molecule has 1 N–H and O–H groups in total. The molecule has 0 saturated carbocycles. The molecule has 0 amide bonds. The highest BCUT2D eigenvalue weighted by molar-refractivity contribution is 5.04. The lowest BCUT2D eigenvalue weighted by molar-refractivity contribution is 0.297. The molecule has 0 unspecified atom stereocenters. The zero-order chi connectivity index (χ0) is 10.5. The number of aliphatic hydroxyl groups is 1. The molecule has 0 heterocycles. The number of hydrogen-bond acceptors (Lipinski definition) is 1. The van der Waals surface area contributed by atoms with Gasteiger partial charge < -0.3 is 5.11 Å². The summed E-state index contributed by atoms with van der Waals surface area (Å²) >= 11 is 0. The van der Waals surface area contributed by atoms with E-state index in [4.69, 9.17) is 5.11 Å². The molecule has 0 fully saturated rings. The summed E-state index contributed by atoms with van der Waals surface area (Å²) in [6.07, 6.45) is 8.30. The first-order valence-corrected chi connectivity index (χ1v) is 5.72. The molecule has 0 aliphatic heterocycles. The third kappa shape index (κ3) is 9.62. The second kappa shape index (κ2) is 14.2. The predicted octanol–water partition coefficient (Wildman–Crippen LogP) is 3.92. The van der Waals surface area contributed by atoms with Gasteiger partial charge in [-0.2, -0.15) is 0 Å². The van der Waals surface area contributed by atoms with Crippen molar-refractivity contribution in [2.75, 3.05) is 6.61 Å². The highest BCUT2D eigenvalue weighted by Gasteiger charge is 2.00. The molecule has 13 heavy (non-hydrogen) atoms. The molecule has 80 valence electrons. The highest BCUT2D eigenvalue weighted by atomic mass is 16.2. The first-order chi connectivity index (χ1) is 6.43. The Morgan fingerprint density at radius 2 is 1.77 bits per heavy atom. The number of rotatable bonds is 2. The van der Waals surface area contributed by atoms with Crippen LogP contribution in [0.15, 0.2) is 11.6 Å². The minimum Gasteiger partial charge on any atom is -0.396 e. The van der Waals surface area contributed by atoms with Crippen molar-refractivity contribution in [1.82, 2.24) is 0 Å². The van der Waals surface area contributed by atoms with Crippen LogP contribution >= 0.6 is 0 Å². The van der Waals surface area contributed by atoms with Crippen molar-refractivity contribution in [3.63, 3.8) is 0 Å². The molecule has 0 aromatic rings. The molecule has 1 aliphatic rings. The largest absolute Gasteiger partial charge is 0.396 e. The lowest BCUT2D eigenvalue weighted by Gasteiger charge is -2.10. The summed E-state index contributed by atoms with van der Waals surface area (Å²) in [7, 11) is 0. The second-order valence-corrected chi connectivity index (χ2v) is 2.58. The summed E-state index contributed by atoms with van der Waals surface area (Å²) in [6, 6.07) is 0. The topological polar surface area (TPSA) is 20.2 Å². The van der Waals surface area contributed by atoms with Crippen LogP contribution in [0.1, 0.15) is 59.8 Å². The van der Waals surface area contributed by atoms with Crippen LogP contribution in [0, 0.1) is 0 Å². The third-order valence-corrected chi connectivity index (χ3v) is 1.82. The molecule has 0 bridgehead atoms. The van der Waals surface area contributed by atoms with E-state index in [2.05, 4.69) is 6.08 Å². The van der Waals surface area contributed by atoms with E-state index in [1.165, 1.54) is 31.3 Å². The van der Waals surface area contributed by atoms with Crippen LogP contribution in [0.2, 0.25) is 0 Å². The second-order valence-electron chi connectivity index (χ2n) is 2.58. The first kappa shape index (κ1) is 15.2. The summed E-state index contributed by atoms with van der Waals surface area (Å²) < 4.78 is 0.